The lowest BCUT2D eigenvalue weighted by Gasteiger charge is -2.14. The number of rotatable bonds is 7. The van der Waals surface area contributed by atoms with E-state index in [1.54, 1.807) is 36.4 Å². The minimum absolute atomic E-state index is 0.0839. The second-order valence-electron chi connectivity index (χ2n) is 5.87. The average molecular weight is 369 g/mol. The van der Waals surface area contributed by atoms with E-state index in [1.807, 2.05) is 0 Å². The number of hydrogen-bond donors (Lipinski definition) is 0. The normalized spacial score (nSPS) is 12.7. The van der Waals surface area contributed by atoms with Crippen molar-refractivity contribution in [3.05, 3.63) is 59.2 Å². The summed E-state index contributed by atoms with van der Waals surface area (Å²) in [5.74, 6) is -0.209. The van der Waals surface area contributed by atoms with Crippen LogP contribution >= 0.6 is 0 Å². The van der Waals surface area contributed by atoms with Gasteiger partial charge in [0.2, 0.25) is 0 Å². The summed E-state index contributed by atoms with van der Waals surface area (Å²) in [7, 11) is 2.99. The van der Waals surface area contributed by atoms with Crippen LogP contribution in [0.5, 0.6) is 11.5 Å². The highest BCUT2D eigenvalue weighted by Gasteiger charge is 2.34. The van der Waals surface area contributed by atoms with Gasteiger partial charge in [-0.05, 0) is 36.8 Å². The molecule has 27 heavy (non-hydrogen) atoms. The Morgan fingerprint density at radius 1 is 0.926 bits per heavy atom. The third kappa shape index (κ3) is 3.62. The van der Waals surface area contributed by atoms with E-state index < -0.39 is 5.97 Å². The number of ether oxygens (including phenoxy) is 3. The van der Waals surface area contributed by atoms with Gasteiger partial charge in [0.05, 0.1) is 37.5 Å². The van der Waals surface area contributed by atoms with E-state index in [0.717, 1.165) is 0 Å². The van der Waals surface area contributed by atoms with E-state index in [4.69, 9.17) is 14.2 Å². The first-order chi connectivity index (χ1) is 13.1. The minimum atomic E-state index is -0.515. The van der Waals surface area contributed by atoms with Gasteiger partial charge in [-0.15, -0.1) is 0 Å². The topological polar surface area (TPSA) is 82.1 Å². The zero-order chi connectivity index (χ0) is 19.4. The molecule has 0 atom stereocenters. The van der Waals surface area contributed by atoms with Gasteiger partial charge in [0, 0.05) is 6.54 Å². The van der Waals surface area contributed by atoms with Crippen LogP contribution in [0.2, 0.25) is 0 Å². The smallest absolute Gasteiger partial charge is 0.338 e. The maximum absolute atomic E-state index is 12.3. The largest absolute Gasteiger partial charge is 0.493 e. The zero-order valence-corrected chi connectivity index (χ0v) is 15.1. The van der Waals surface area contributed by atoms with Crippen molar-refractivity contribution in [1.82, 2.24) is 4.90 Å². The maximum atomic E-state index is 12.3. The van der Waals surface area contributed by atoms with Crippen LogP contribution in [0, 0.1) is 0 Å². The Kier molecular flexibility index (Phi) is 5.40. The van der Waals surface area contributed by atoms with Crippen LogP contribution in [0.3, 0.4) is 0 Å². The molecule has 0 aliphatic carbocycles. The summed E-state index contributed by atoms with van der Waals surface area (Å²) in [6.07, 6.45) is 0.352. The minimum Gasteiger partial charge on any atom is -0.493 e. The Morgan fingerprint density at radius 2 is 1.56 bits per heavy atom. The first kappa shape index (κ1) is 18.4. The van der Waals surface area contributed by atoms with Crippen LogP contribution < -0.4 is 9.47 Å². The number of esters is 1. The molecule has 0 saturated carbocycles. The molecule has 1 aliphatic rings. The van der Waals surface area contributed by atoms with Gasteiger partial charge in [0.25, 0.3) is 11.8 Å². The molecule has 0 saturated heterocycles. The Bertz CT molecular complexity index is 857. The molecule has 0 spiro atoms. The summed E-state index contributed by atoms with van der Waals surface area (Å²) in [5, 5.41) is 0. The van der Waals surface area contributed by atoms with Crippen LogP contribution in [0.1, 0.15) is 37.5 Å². The standard InChI is InChI=1S/C20H19NO6/c1-25-16-9-8-13(12-17(16)26-2)20(24)27-11-5-10-21-18(22)14-6-3-4-7-15(14)19(21)23/h3-4,6-9,12H,5,10-11H2,1-2H3. The predicted octanol–water partition coefficient (Wildman–Crippen LogP) is 2.55. The highest BCUT2D eigenvalue weighted by Crippen LogP contribution is 2.28. The summed E-state index contributed by atoms with van der Waals surface area (Å²) < 4.78 is 15.5. The molecule has 7 heteroatoms. The molecule has 0 bridgehead atoms. The Labute approximate surface area is 156 Å². The molecule has 0 aromatic heterocycles. The number of hydrogen-bond acceptors (Lipinski definition) is 6. The molecular formula is C20H19NO6. The highest BCUT2D eigenvalue weighted by molar-refractivity contribution is 6.21. The van der Waals surface area contributed by atoms with Gasteiger partial charge in [-0.2, -0.15) is 0 Å². The number of carbonyl (C=O) groups excluding carboxylic acids is 3. The van der Waals surface area contributed by atoms with Crippen molar-refractivity contribution in [2.24, 2.45) is 0 Å². The van der Waals surface area contributed by atoms with Gasteiger partial charge >= 0.3 is 5.97 Å². The van der Waals surface area contributed by atoms with Crippen molar-refractivity contribution in [2.45, 2.75) is 6.42 Å². The van der Waals surface area contributed by atoms with Crippen LogP contribution in [-0.4, -0.2) is 50.1 Å². The third-order valence-corrected chi connectivity index (χ3v) is 4.26. The molecular weight excluding hydrogens is 350 g/mol. The molecule has 7 nitrogen and oxygen atoms in total. The molecule has 2 aromatic rings. The number of benzene rings is 2. The molecule has 0 fully saturated rings. The van der Waals surface area contributed by atoms with E-state index in [-0.39, 0.29) is 25.0 Å². The zero-order valence-electron chi connectivity index (χ0n) is 15.1. The second kappa shape index (κ2) is 7.90. The van der Waals surface area contributed by atoms with E-state index in [2.05, 4.69) is 0 Å². The van der Waals surface area contributed by atoms with Gasteiger partial charge in [-0.1, -0.05) is 12.1 Å². The Hall–Kier alpha value is -3.35. The lowest BCUT2D eigenvalue weighted by atomic mass is 10.1. The van der Waals surface area contributed by atoms with Crippen molar-refractivity contribution in [2.75, 3.05) is 27.4 Å². The number of imide groups is 1. The molecule has 3 rings (SSSR count). The fraction of sp³-hybridized carbons (Fsp3) is 0.250. The van der Waals surface area contributed by atoms with E-state index >= 15 is 0 Å². The van der Waals surface area contributed by atoms with Gasteiger partial charge < -0.3 is 14.2 Å². The third-order valence-electron chi connectivity index (χ3n) is 4.26. The summed E-state index contributed by atoms with van der Waals surface area (Å²) in [4.78, 5) is 37.8. The summed E-state index contributed by atoms with van der Waals surface area (Å²) in [6, 6.07) is 11.4. The summed E-state index contributed by atoms with van der Waals surface area (Å²) in [5.41, 5.74) is 1.14. The molecule has 1 aliphatic heterocycles. The highest BCUT2D eigenvalue weighted by atomic mass is 16.5. The molecule has 1 heterocycles. The number of amides is 2. The number of carbonyl (C=O) groups is 3. The van der Waals surface area contributed by atoms with Crippen LogP contribution in [0.4, 0.5) is 0 Å². The number of fused-ring (bicyclic) bond motifs is 1. The van der Waals surface area contributed by atoms with E-state index in [0.29, 0.717) is 34.6 Å². The van der Waals surface area contributed by atoms with Gasteiger partial charge in [-0.25, -0.2) is 4.79 Å². The number of methoxy groups -OCH3 is 2. The quantitative estimate of drug-likeness (QED) is 0.424. The maximum Gasteiger partial charge on any atom is 0.338 e. The summed E-state index contributed by atoms with van der Waals surface area (Å²) in [6.45, 7) is 0.270. The molecule has 140 valence electrons. The van der Waals surface area contributed by atoms with Crippen molar-refractivity contribution < 1.29 is 28.6 Å². The van der Waals surface area contributed by atoms with Crippen molar-refractivity contribution in [3.8, 4) is 11.5 Å². The average Bonchev–Trinajstić information content (AvgIpc) is 2.95. The lowest BCUT2D eigenvalue weighted by Crippen LogP contribution is -2.31. The first-order valence-corrected chi connectivity index (χ1v) is 8.41. The van der Waals surface area contributed by atoms with Gasteiger partial charge in [0.15, 0.2) is 11.5 Å². The Morgan fingerprint density at radius 3 is 2.15 bits per heavy atom. The number of nitrogens with zero attached hydrogens (tertiary/aromatic N) is 1. The molecule has 0 N–H and O–H groups in total. The monoisotopic (exact) mass is 369 g/mol. The van der Waals surface area contributed by atoms with Crippen molar-refractivity contribution >= 4 is 17.8 Å². The van der Waals surface area contributed by atoms with Crippen LogP contribution in [-0.2, 0) is 4.74 Å². The van der Waals surface area contributed by atoms with E-state index in [1.165, 1.54) is 25.2 Å². The molecule has 2 amide bonds. The van der Waals surface area contributed by atoms with Crippen molar-refractivity contribution in [1.29, 1.82) is 0 Å². The Balaban J connectivity index is 1.53. The van der Waals surface area contributed by atoms with E-state index in [9.17, 15) is 14.4 Å². The molecule has 0 radical (unpaired) electrons. The molecule has 0 unspecified atom stereocenters. The predicted molar refractivity (Wildman–Crippen MR) is 96.3 cm³/mol. The second-order valence-corrected chi connectivity index (χ2v) is 5.87. The fourth-order valence-electron chi connectivity index (χ4n) is 2.88. The summed E-state index contributed by atoms with van der Waals surface area (Å²) >= 11 is 0. The fourth-order valence-corrected chi connectivity index (χ4v) is 2.88. The van der Waals surface area contributed by atoms with Crippen LogP contribution in [0.15, 0.2) is 42.5 Å². The SMILES string of the molecule is COc1ccc(C(=O)OCCCN2C(=O)c3ccccc3C2=O)cc1OC. The van der Waals surface area contributed by atoms with Crippen molar-refractivity contribution in [3.63, 3.8) is 0 Å². The lowest BCUT2D eigenvalue weighted by molar-refractivity contribution is 0.0482. The van der Waals surface area contributed by atoms with Gasteiger partial charge in [0.1, 0.15) is 0 Å². The van der Waals surface area contributed by atoms with Crippen LogP contribution in [0.25, 0.3) is 0 Å². The first-order valence-electron chi connectivity index (χ1n) is 8.41. The molecule has 2 aromatic carbocycles. The van der Waals surface area contributed by atoms with Gasteiger partial charge in [-0.3, -0.25) is 14.5 Å².